The third kappa shape index (κ3) is 4.72. The maximum Gasteiger partial charge on any atom is 0.312 e. The van der Waals surface area contributed by atoms with Gasteiger partial charge in [0, 0.05) is 0 Å². The van der Waals surface area contributed by atoms with Crippen LogP contribution in [0.1, 0.15) is 0 Å². The smallest absolute Gasteiger partial charge is 0.312 e. The van der Waals surface area contributed by atoms with Crippen molar-refractivity contribution in [1.29, 1.82) is 0 Å². The van der Waals surface area contributed by atoms with E-state index < -0.39 is 5.91 Å². The third-order valence-electron chi connectivity index (χ3n) is 0.525. The van der Waals surface area contributed by atoms with Crippen LogP contribution in [0.25, 0.3) is 0 Å². The molecule has 0 radical (unpaired) electrons. The molecule has 0 heterocycles. The molecule has 6 nitrogen and oxygen atoms in total. The second-order valence-electron chi connectivity index (χ2n) is 1.10. The second kappa shape index (κ2) is 5.01. The molecule has 0 rings (SSSR count). The van der Waals surface area contributed by atoms with Crippen LogP contribution in [0.3, 0.4) is 0 Å². The van der Waals surface area contributed by atoms with Crippen LogP contribution in [-0.4, -0.2) is 18.9 Å². The largest absolute Gasteiger partial charge is 0.373 e. The van der Waals surface area contributed by atoms with E-state index in [-0.39, 0.29) is 13.0 Å². The summed E-state index contributed by atoms with van der Waals surface area (Å²) in [5.74, 6) is 4.21. The van der Waals surface area contributed by atoms with Gasteiger partial charge in [-0.1, -0.05) is 0 Å². The van der Waals surface area contributed by atoms with Crippen molar-refractivity contribution in [3.05, 3.63) is 0 Å². The third-order valence-corrected chi connectivity index (χ3v) is 0.525. The lowest BCUT2D eigenvalue weighted by Crippen LogP contribution is -2.37. The molecule has 9 heavy (non-hydrogen) atoms. The molecule has 0 aromatic carbocycles. The highest BCUT2D eigenvalue weighted by molar-refractivity contribution is 5.77. The molecule has 4 N–H and O–H groups in total. The molecule has 0 saturated carbocycles. The minimum atomic E-state index is -0.461. The molecule has 0 atom stereocenters. The topological polar surface area (TPSA) is 93.4 Å². The molecule has 0 fully saturated rings. The quantitative estimate of drug-likeness (QED) is 0.131. The summed E-state index contributed by atoms with van der Waals surface area (Å²) >= 11 is 0. The van der Waals surface area contributed by atoms with Gasteiger partial charge in [0.2, 0.25) is 0 Å². The monoisotopic (exact) mass is 133 g/mol. The second-order valence-corrected chi connectivity index (χ2v) is 1.10. The first-order valence-electron chi connectivity index (χ1n) is 2.13. The first-order valence-corrected chi connectivity index (χ1v) is 2.13. The van der Waals surface area contributed by atoms with E-state index in [2.05, 4.69) is 10.7 Å². The van der Waals surface area contributed by atoms with Crippen molar-refractivity contribution in [3.8, 4) is 0 Å². The van der Waals surface area contributed by atoms with Gasteiger partial charge < -0.3 is 4.84 Å². The first kappa shape index (κ1) is 7.86. The van der Waals surface area contributed by atoms with Crippen LogP contribution in [-0.2, 0) is 14.4 Å². The zero-order chi connectivity index (χ0) is 7.11. The van der Waals surface area contributed by atoms with Gasteiger partial charge in [-0.3, -0.25) is 15.0 Å². The lowest BCUT2D eigenvalue weighted by Gasteiger charge is -1.97. The summed E-state index contributed by atoms with van der Waals surface area (Å²) in [6.45, 7) is 0.0268. The Morgan fingerprint density at radius 3 is 2.89 bits per heavy atom. The summed E-state index contributed by atoms with van der Waals surface area (Å²) in [6, 6.07) is 0. The summed E-state index contributed by atoms with van der Waals surface area (Å²) < 4.78 is 0. The van der Waals surface area contributed by atoms with Gasteiger partial charge in [-0.25, -0.2) is 5.84 Å². The van der Waals surface area contributed by atoms with Crippen LogP contribution in [0.15, 0.2) is 0 Å². The highest BCUT2D eigenvalue weighted by Crippen LogP contribution is 1.57. The Morgan fingerprint density at radius 2 is 2.44 bits per heavy atom. The van der Waals surface area contributed by atoms with Crippen molar-refractivity contribution in [2.45, 2.75) is 0 Å². The number of amides is 1. The van der Waals surface area contributed by atoms with Gasteiger partial charge in [0.25, 0.3) is 5.91 Å². The summed E-state index contributed by atoms with van der Waals surface area (Å²) in [6.07, 6.45) is 0. The van der Waals surface area contributed by atoms with Crippen LogP contribution in [0.4, 0.5) is 0 Å². The lowest BCUT2D eigenvalue weighted by atomic mass is 10.6. The normalized spacial score (nSPS) is 8.11. The molecule has 0 spiro atoms. The van der Waals surface area contributed by atoms with Crippen molar-refractivity contribution >= 4 is 12.4 Å². The fraction of sp³-hybridized carbons (Fsp3) is 0.333. The van der Waals surface area contributed by atoms with Gasteiger partial charge in [-0.2, -0.15) is 0 Å². The fourth-order valence-electron chi connectivity index (χ4n) is 0.192. The Labute approximate surface area is 51.3 Å². The van der Waals surface area contributed by atoms with Gasteiger partial charge in [-0.15, -0.1) is 5.48 Å². The van der Waals surface area contributed by atoms with Gasteiger partial charge in [0.05, 0.1) is 0 Å². The van der Waals surface area contributed by atoms with E-state index in [0.29, 0.717) is 0 Å². The highest BCUT2D eigenvalue weighted by Gasteiger charge is 1.94. The van der Waals surface area contributed by atoms with Gasteiger partial charge in [-0.05, 0) is 0 Å². The molecule has 1 amide bonds. The van der Waals surface area contributed by atoms with E-state index in [9.17, 15) is 9.59 Å². The average Bonchev–Trinajstić information content (AvgIpc) is 1.89. The van der Waals surface area contributed by atoms with E-state index >= 15 is 0 Å². The predicted octanol–water partition coefficient (Wildman–Crippen LogP) is -2.35. The van der Waals surface area contributed by atoms with Crippen molar-refractivity contribution < 1.29 is 14.4 Å². The number of carbonyl (C=O) groups excluding carboxylic acids is 2. The predicted molar refractivity (Wildman–Crippen MR) is 27.5 cm³/mol. The zero-order valence-corrected chi connectivity index (χ0v) is 4.59. The molecule has 0 aliphatic heterocycles. The lowest BCUT2D eigenvalue weighted by molar-refractivity contribution is -0.137. The molecule has 0 bridgehead atoms. The Kier molecular flexibility index (Phi) is 4.37. The number of nitrogens with one attached hydrogen (secondary N) is 2. The minimum Gasteiger partial charge on any atom is -0.373 e. The van der Waals surface area contributed by atoms with Crippen molar-refractivity contribution in [3.63, 3.8) is 0 Å². The first-order chi connectivity index (χ1) is 4.31. The summed E-state index contributed by atoms with van der Waals surface area (Å²) in [4.78, 5) is 23.6. The maximum atomic E-state index is 10.2. The molecule has 6 heteroatoms. The number of rotatable bonds is 4. The Bertz CT molecular complexity index is 104. The van der Waals surface area contributed by atoms with Gasteiger partial charge >= 0.3 is 6.47 Å². The number of hydrogen-bond acceptors (Lipinski definition) is 5. The number of carbonyl (C=O) groups is 2. The molecular formula is C3H7N3O3. The summed E-state index contributed by atoms with van der Waals surface area (Å²) in [7, 11) is 0. The Balaban J connectivity index is 3.06. The molecule has 0 saturated heterocycles. The van der Waals surface area contributed by atoms with E-state index in [0.717, 1.165) is 0 Å². The van der Waals surface area contributed by atoms with Crippen LogP contribution in [0.5, 0.6) is 0 Å². The van der Waals surface area contributed by atoms with Gasteiger partial charge in [0.15, 0.2) is 0 Å². The van der Waals surface area contributed by atoms with E-state index in [4.69, 9.17) is 0 Å². The fourth-order valence-corrected chi connectivity index (χ4v) is 0.192. The molecule has 52 valence electrons. The van der Waals surface area contributed by atoms with Crippen molar-refractivity contribution in [1.82, 2.24) is 10.9 Å². The number of hydrogen-bond donors (Lipinski definition) is 3. The van der Waals surface area contributed by atoms with Crippen LogP contribution < -0.4 is 16.7 Å². The van der Waals surface area contributed by atoms with Crippen LogP contribution in [0, 0.1) is 0 Å². The van der Waals surface area contributed by atoms with E-state index in [1.54, 1.807) is 0 Å². The van der Waals surface area contributed by atoms with Crippen molar-refractivity contribution in [2.75, 3.05) is 6.54 Å². The molecule has 0 unspecified atom stereocenters. The highest BCUT2D eigenvalue weighted by atomic mass is 16.7. The Hall–Kier alpha value is -1.14. The summed E-state index contributed by atoms with van der Waals surface area (Å²) in [5, 5.41) is 0. The Morgan fingerprint density at radius 1 is 1.78 bits per heavy atom. The molecular weight excluding hydrogens is 126 g/mol. The molecule has 0 aromatic heterocycles. The van der Waals surface area contributed by atoms with E-state index in [1.165, 1.54) is 0 Å². The van der Waals surface area contributed by atoms with E-state index in [1.807, 2.05) is 10.9 Å². The average molecular weight is 133 g/mol. The minimum absolute atomic E-state index is 0.144. The summed E-state index contributed by atoms with van der Waals surface area (Å²) in [5.41, 5.74) is 3.85. The number of nitrogens with two attached hydrogens (primary N) is 1. The molecule has 0 aromatic rings. The molecule has 0 aliphatic rings. The SMILES string of the molecule is NNC(=O)CNOC=O. The molecule has 0 aliphatic carbocycles. The van der Waals surface area contributed by atoms with Crippen LogP contribution in [0.2, 0.25) is 0 Å². The zero-order valence-electron chi connectivity index (χ0n) is 4.59. The number of hydrazine groups is 1. The van der Waals surface area contributed by atoms with Crippen molar-refractivity contribution in [2.24, 2.45) is 5.84 Å². The standard InChI is InChI=1S/C3H7N3O3/c4-6-3(8)1-5-9-2-7/h2,5H,1,4H2,(H,6,8). The van der Waals surface area contributed by atoms with Gasteiger partial charge in [0.1, 0.15) is 6.54 Å². The maximum absolute atomic E-state index is 10.2. The number of hydroxylamine groups is 1. The van der Waals surface area contributed by atoms with Crippen LogP contribution >= 0.6 is 0 Å².